The zero-order chi connectivity index (χ0) is 18.8. The molecule has 3 aromatic rings. The van der Waals surface area contributed by atoms with Crippen molar-refractivity contribution in [3.8, 4) is 0 Å². The lowest BCUT2D eigenvalue weighted by atomic mass is 10.2. The lowest BCUT2D eigenvalue weighted by molar-refractivity contribution is -0.131. The van der Waals surface area contributed by atoms with Crippen LogP contribution in [-0.2, 0) is 11.3 Å². The van der Waals surface area contributed by atoms with Gasteiger partial charge in [-0.3, -0.25) is 9.48 Å². The first-order chi connectivity index (χ1) is 13.1. The number of piperazine rings is 1. The Bertz CT molecular complexity index is 946. The average molecular weight is 403 g/mol. The molecule has 0 saturated carbocycles. The largest absolute Gasteiger partial charge is 0.368 e. The van der Waals surface area contributed by atoms with Crippen molar-refractivity contribution in [2.75, 3.05) is 31.1 Å². The Balaban J connectivity index is 1.33. The van der Waals surface area contributed by atoms with E-state index < -0.39 is 0 Å². The van der Waals surface area contributed by atoms with E-state index in [0.717, 1.165) is 47.8 Å². The summed E-state index contributed by atoms with van der Waals surface area (Å²) in [6.07, 6.45) is 2.19. The minimum Gasteiger partial charge on any atom is -0.368 e. The number of carbonyl (C=O) groups is 1. The van der Waals surface area contributed by atoms with Crippen molar-refractivity contribution >= 4 is 45.7 Å². The summed E-state index contributed by atoms with van der Waals surface area (Å²) < 4.78 is 1.85. The highest BCUT2D eigenvalue weighted by molar-refractivity contribution is 6.35. The van der Waals surface area contributed by atoms with E-state index in [1.807, 2.05) is 52.0 Å². The predicted molar refractivity (Wildman–Crippen MR) is 110 cm³/mol. The van der Waals surface area contributed by atoms with E-state index in [1.165, 1.54) is 0 Å². The van der Waals surface area contributed by atoms with Gasteiger partial charge >= 0.3 is 0 Å². The van der Waals surface area contributed by atoms with E-state index in [4.69, 9.17) is 23.2 Å². The molecule has 7 heteroatoms. The normalized spacial score (nSPS) is 14.7. The second kappa shape index (κ2) is 7.79. The summed E-state index contributed by atoms with van der Waals surface area (Å²) in [6, 6.07) is 13.6. The maximum Gasteiger partial charge on any atom is 0.224 e. The number of carbonyl (C=O) groups excluding carboxylic acids is 1. The maximum atomic E-state index is 12.6. The number of hydrogen-bond acceptors (Lipinski definition) is 3. The van der Waals surface area contributed by atoms with Crippen LogP contribution < -0.4 is 4.90 Å². The number of nitrogens with zero attached hydrogens (tertiary/aromatic N) is 4. The molecular formula is C20H20Cl2N4O. The van der Waals surface area contributed by atoms with Crippen molar-refractivity contribution in [3.05, 3.63) is 58.7 Å². The van der Waals surface area contributed by atoms with E-state index in [1.54, 1.807) is 6.20 Å². The third kappa shape index (κ3) is 3.89. The van der Waals surface area contributed by atoms with Gasteiger partial charge in [-0.1, -0.05) is 29.3 Å². The van der Waals surface area contributed by atoms with Gasteiger partial charge in [-0.15, -0.1) is 0 Å². The van der Waals surface area contributed by atoms with Crippen LogP contribution in [0.25, 0.3) is 10.9 Å². The van der Waals surface area contributed by atoms with Crippen molar-refractivity contribution in [1.82, 2.24) is 14.7 Å². The van der Waals surface area contributed by atoms with E-state index >= 15 is 0 Å². The number of hydrogen-bond donors (Lipinski definition) is 0. The number of amides is 1. The summed E-state index contributed by atoms with van der Waals surface area (Å²) >= 11 is 12.1. The van der Waals surface area contributed by atoms with Gasteiger partial charge in [0.25, 0.3) is 0 Å². The minimum absolute atomic E-state index is 0.163. The fraction of sp³-hybridized carbons (Fsp3) is 0.300. The molecule has 0 radical (unpaired) electrons. The van der Waals surface area contributed by atoms with Crippen molar-refractivity contribution in [3.63, 3.8) is 0 Å². The number of rotatable bonds is 4. The monoisotopic (exact) mass is 402 g/mol. The summed E-state index contributed by atoms with van der Waals surface area (Å²) in [6.45, 7) is 3.67. The molecule has 2 heterocycles. The van der Waals surface area contributed by atoms with Gasteiger partial charge in [0, 0.05) is 48.7 Å². The summed E-state index contributed by atoms with van der Waals surface area (Å²) in [7, 11) is 0. The molecule has 0 spiro atoms. The van der Waals surface area contributed by atoms with Crippen molar-refractivity contribution < 1.29 is 4.79 Å². The van der Waals surface area contributed by atoms with Crippen molar-refractivity contribution in [1.29, 1.82) is 0 Å². The fourth-order valence-corrected chi connectivity index (χ4v) is 3.82. The highest BCUT2D eigenvalue weighted by Crippen LogP contribution is 2.23. The number of anilines is 1. The summed E-state index contributed by atoms with van der Waals surface area (Å²) in [5, 5.41) is 6.71. The van der Waals surface area contributed by atoms with Gasteiger partial charge in [-0.25, -0.2) is 0 Å². The van der Waals surface area contributed by atoms with Gasteiger partial charge in [0.05, 0.1) is 23.3 Å². The molecule has 4 rings (SSSR count). The Morgan fingerprint density at radius 2 is 1.74 bits per heavy atom. The third-order valence-corrected chi connectivity index (χ3v) is 5.58. The molecule has 0 aliphatic carbocycles. The Kier molecular flexibility index (Phi) is 5.23. The molecule has 5 nitrogen and oxygen atoms in total. The second-order valence-corrected chi connectivity index (χ2v) is 7.48. The summed E-state index contributed by atoms with van der Waals surface area (Å²) in [5.41, 5.74) is 2.11. The van der Waals surface area contributed by atoms with Crippen molar-refractivity contribution in [2.24, 2.45) is 0 Å². The Labute approximate surface area is 168 Å². The first-order valence-electron chi connectivity index (χ1n) is 9.00. The highest BCUT2D eigenvalue weighted by atomic mass is 35.5. The standard InChI is InChI=1S/C20H20Cl2N4O/c21-15-4-6-16(7-5-15)24-10-12-25(13-11-24)20(27)8-9-26-19-3-1-2-18(22)17(19)14-23-26/h1-7,14H,8-13H2. The van der Waals surface area contributed by atoms with Crippen molar-refractivity contribution in [2.45, 2.75) is 13.0 Å². The van der Waals surface area contributed by atoms with Crippen LogP contribution in [0.15, 0.2) is 48.7 Å². The molecule has 27 heavy (non-hydrogen) atoms. The SMILES string of the molecule is O=C(CCn1ncc2c(Cl)cccc21)N1CCN(c2ccc(Cl)cc2)CC1. The third-order valence-electron chi connectivity index (χ3n) is 5.00. The number of fused-ring (bicyclic) bond motifs is 1. The fourth-order valence-electron chi connectivity index (χ4n) is 3.47. The zero-order valence-corrected chi connectivity index (χ0v) is 16.3. The van der Waals surface area contributed by atoms with Crippen LogP contribution in [0.4, 0.5) is 5.69 Å². The smallest absolute Gasteiger partial charge is 0.224 e. The average Bonchev–Trinajstić information content (AvgIpc) is 3.11. The molecule has 140 valence electrons. The quantitative estimate of drug-likeness (QED) is 0.659. The number of benzene rings is 2. The molecule has 1 amide bonds. The van der Waals surface area contributed by atoms with Gasteiger partial charge in [0.15, 0.2) is 0 Å². The molecular weight excluding hydrogens is 383 g/mol. The second-order valence-electron chi connectivity index (χ2n) is 6.63. The van der Waals surface area contributed by atoms with Crippen LogP contribution in [0.1, 0.15) is 6.42 Å². The predicted octanol–water partition coefficient (Wildman–Crippen LogP) is 4.08. The van der Waals surface area contributed by atoms with Crippen LogP contribution in [0.2, 0.25) is 10.0 Å². The van der Waals surface area contributed by atoms with Crippen LogP contribution in [0.5, 0.6) is 0 Å². The van der Waals surface area contributed by atoms with E-state index in [0.29, 0.717) is 18.0 Å². The molecule has 1 aromatic heterocycles. The Morgan fingerprint density at radius 1 is 1.00 bits per heavy atom. The van der Waals surface area contributed by atoms with Gasteiger partial charge in [0.2, 0.25) is 5.91 Å². The van der Waals surface area contributed by atoms with Gasteiger partial charge in [-0.05, 0) is 36.4 Å². The number of aryl methyl sites for hydroxylation is 1. The Morgan fingerprint density at radius 3 is 2.48 bits per heavy atom. The molecule has 1 aliphatic heterocycles. The molecule has 1 fully saturated rings. The minimum atomic E-state index is 0.163. The molecule has 0 bridgehead atoms. The van der Waals surface area contributed by atoms with Crippen LogP contribution in [0.3, 0.4) is 0 Å². The molecule has 0 N–H and O–H groups in total. The molecule has 2 aromatic carbocycles. The molecule has 1 aliphatic rings. The van der Waals surface area contributed by atoms with Gasteiger partial charge in [0.1, 0.15) is 0 Å². The highest BCUT2D eigenvalue weighted by Gasteiger charge is 2.21. The van der Waals surface area contributed by atoms with E-state index in [-0.39, 0.29) is 5.91 Å². The van der Waals surface area contributed by atoms with E-state index in [9.17, 15) is 4.79 Å². The van der Waals surface area contributed by atoms with Gasteiger partial charge < -0.3 is 9.80 Å². The Hall–Kier alpha value is -2.24. The lowest BCUT2D eigenvalue weighted by Crippen LogP contribution is -2.49. The van der Waals surface area contributed by atoms with Crippen LogP contribution in [0, 0.1) is 0 Å². The summed E-state index contributed by atoms with van der Waals surface area (Å²) in [5.74, 6) is 0.163. The van der Waals surface area contributed by atoms with Crippen LogP contribution in [-0.4, -0.2) is 46.8 Å². The summed E-state index contributed by atoms with van der Waals surface area (Å²) in [4.78, 5) is 16.8. The molecule has 0 unspecified atom stereocenters. The van der Waals surface area contributed by atoms with Gasteiger partial charge in [-0.2, -0.15) is 5.10 Å². The van der Waals surface area contributed by atoms with Crippen LogP contribution >= 0.6 is 23.2 Å². The van der Waals surface area contributed by atoms with E-state index in [2.05, 4.69) is 10.00 Å². The molecule has 0 atom stereocenters. The lowest BCUT2D eigenvalue weighted by Gasteiger charge is -2.36. The number of aromatic nitrogens is 2. The molecule has 1 saturated heterocycles. The zero-order valence-electron chi connectivity index (χ0n) is 14.8. The first-order valence-corrected chi connectivity index (χ1v) is 9.76. The number of halogens is 2. The topological polar surface area (TPSA) is 41.4 Å². The first kappa shape index (κ1) is 18.1. The maximum absolute atomic E-state index is 12.6.